The van der Waals surface area contributed by atoms with Gasteiger partial charge in [-0.05, 0) is 49.8 Å². The summed E-state index contributed by atoms with van der Waals surface area (Å²) in [6.45, 7) is 2.34. The third-order valence-corrected chi connectivity index (χ3v) is 7.41. The lowest BCUT2D eigenvalue weighted by atomic mass is 9.87. The Morgan fingerprint density at radius 2 is 1.78 bits per heavy atom. The molecule has 0 radical (unpaired) electrons. The number of nitrogens with zero attached hydrogens (tertiary/aromatic N) is 3. The van der Waals surface area contributed by atoms with E-state index in [4.69, 9.17) is 19.3 Å². The van der Waals surface area contributed by atoms with Gasteiger partial charge in [-0.2, -0.15) is 0 Å². The van der Waals surface area contributed by atoms with Gasteiger partial charge in [0.2, 0.25) is 5.75 Å². The molecule has 168 valence electrons. The van der Waals surface area contributed by atoms with Crippen LogP contribution in [0.3, 0.4) is 0 Å². The molecule has 1 fully saturated rings. The van der Waals surface area contributed by atoms with Gasteiger partial charge >= 0.3 is 0 Å². The number of thiophene rings is 1. The van der Waals surface area contributed by atoms with Gasteiger partial charge in [-0.1, -0.05) is 6.92 Å². The lowest BCUT2D eigenvalue weighted by molar-refractivity contribution is 0.327. The Labute approximate surface area is 191 Å². The van der Waals surface area contributed by atoms with Crippen LogP contribution in [0.5, 0.6) is 17.2 Å². The maximum absolute atomic E-state index is 5.67. The minimum absolute atomic E-state index is 0.483. The van der Waals surface area contributed by atoms with Crippen molar-refractivity contribution in [3.8, 4) is 27.8 Å². The number of ether oxygens (including phenoxy) is 3. The summed E-state index contributed by atoms with van der Waals surface area (Å²) >= 11 is 1.65. The molecule has 5 rings (SSSR count). The van der Waals surface area contributed by atoms with Crippen molar-refractivity contribution in [2.45, 2.75) is 38.6 Å². The van der Waals surface area contributed by atoms with E-state index in [1.807, 2.05) is 28.9 Å². The van der Waals surface area contributed by atoms with Crippen LogP contribution in [0.4, 0.5) is 5.82 Å². The molecule has 0 saturated heterocycles. The predicted molar refractivity (Wildman–Crippen MR) is 129 cm³/mol. The average Bonchev–Trinajstić information content (AvgIpc) is 3.42. The molecule has 3 aromatic heterocycles. The summed E-state index contributed by atoms with van der Waals surface area (Å²) in [6.07, 6.45) is 6.80. The van der Waals surface area contributed by atoms with Crippen molar-refractivity contribution in [1.82, 2.24) is 14.6 Å². The van der Waals surface area contributed by atoms with E-state index in [1.54, 1.807) is 32.7 Å². The number of benzene rings is 1. The van der Waals surface area contributed by atoms with Gasteiger partial charge in [-0.25, -0.2) is 9.50 Å². The zero-order valence-electron chi connectivity index (χ0n) is 18.8. The van der Waals surface area contributed by atoms with E-state index < -0.39 is 0 Å². The van der Waals surface area contributed by atoms with Crippen molar-refractivity contribution in [3.63, 3.8) is 0 Å². The molecule has 1 N–H and O–H groups in total. The van der Waals surface area contributed by atoms with E-state index in [1.165, 1.54) is 25.7 Å². The van der Waals surface area contributed by atoms with Crippen LogP contribution < -0.4 is 19.5 Å². The molecule has 0 unspecified atom stereocenters. The molecule has 32 heavy (non-hydrogen) atoms. The quantitative estimate of drug-likeness (QED) is 0.409. The molecule has 0 bridgehead atoms. The van der Waals surface area contributed by atoms with Crippen molar-refractivity contribution >= 4 is 32.9 Å². The lowest BCUT2D eigenvalue weighted by Gasteiger charge is -2.27. The minimum Gasteiger partial charge on any atom is -0.493 e. The van der Waals surface area contributed by atoms with E-state index in [9.17, 15) is 0 Å². The molecular formula is C24H28N4O3S. The highest BCUT2D eigenvalue weighted by Gasteiger charge is 2.21. The minimum atomic E-state index is 0.483. The number of fused-ring (bicyclic) bond motifs is 2. The molecule has 7 nitrogen and oxygen atoms in total. The molecule has 1 aliphatic carbocycles. The number of aromatic nitrogens is 3. The van der Waals surface area contributed by atoms with Gasteiger partial charge < -0.3 is 19.5 Å². The van der Waals surface area contributed by atoms with Crippen LogP contribution in [0, 0.1) is 5.92 Å². The molecular weight excluding hydrogens is 424 g/mol. The van der Waals surface area contributed by atoms with Crippen molar-refractivity contribution in [2.24, 2.45) is 5.92 Å². The van der Waals surface area contributed by atoms with Gasteiger partial charge in [0, 0.05) is 22.2 Å². The molecule has 0 atom stereocenters. The van der Waals surface area contributed by atoms with Crippen molar-refractivity contribution in [3.05, 3.63) is 30.5 Å². The van der Waals surface area contributed by atoms with Crippen LogP contribution in [0.2, 0.25) is 0 Å². The fourth-order valence-corrected chi connectivity index (χ4v) is 5.60. The summed E-state index contributed by atoms with van der Waals surface area (Å²) in [5.41, 5.74) is 1.77. The normalized spacial score (nSPS) is 18.8. The zero-order chi connectivity index (χ0) is 22.2. The zero-order valence-corrected chi connectivity index (χ0v) is 19.7. The Balaban J connectivity index is 1.54. The summed E-state index contributed by atoms with van der Waals surface area (Å²) in [5, 5.41) is 9.48. The number of imidazole rings is 1. The molecule has 0 amide bonds. The first-order chi connectivity index (χ1) is 15.6. The molecule has 1 aromatic carbocycles. The van der Waals surface area contributed by atoms with Crippen molar-refractivity contribution < 1.29 is 14.2 Å². The molecule has 3 heterocycles. The first-order valence-corrected chi connectivity index (χ1v) is 11.8. The monoisotopic (exact) mass is 452 g/mol. The maximum Gasteiger partial charge on any atom is 0.204 e. The third-order valence-electron chi connectivity index (χ3n) is 6.31. The van der Waals surface area contributed by atoms with Crippen molar-refractivity contribution in [1.29, 1.82) is 0 Å². The Morgan fingerprint density at radius 1 is 1.00 bits per heavy atom. The van der Waals surface area contributed by atoms with Gasteiger partial charge in [-0.3, -0.25) is 0 Å². The molecule has 8 heteroatoms. The fourth-order valence-electron chi connectivity index (χ4n) is 4.51. The van der Waals surface area contributed by atoms with Crippen LogP contribution in [0.15, 0.2) is 30.5 Å². The second kappa shape index (κ2) is 8.50. The predicted octanol–water partition coefficient (Wildman–Crippen LogP) is 5.63. The van der Waals surface area contributed by atoms with E-state index >= 15 is 0 Å². The highest BCUT2D eigenvalue weighted by atomic mass is 32.1. The molecule has 1 aliphatic rings. The van der Waals surface area contributed by atoms with Gasteiger partial charge in [0.25, 0.3) is 0 Å². The summed E-state index contributed by atoms with van der Waals surface area (Å²) in [6, 6.07) is 8.61. The van der Waals surface area contributed by atoms with E-state index in [-0.39, 0.29) is 0 Å². The summed E-state index contributed by atoms with van der Waals surface area (Å²) in [5.74, 6) is 3.62. The highest BCUT2D eigenvalue weighted by Crippen LogP contribution is 2.47. The Kier molecular flexibility index (Phi) is 5.55. The largest absolute Gasteiger partial charge is 0.493 e. The topological polar surface area (TPSA) is 69.9 Å². The maximum atomic E-state index is 5.67. The number of anilines is 1. The first-order valence-electron chi connectivity index (χ1n) is 11.0. The van der Waals surface area contributed by atoms with Gasteiger partial charge in [0.05, 0.1) is 32.4 Å². The number of nitrogens with one attached hydrogen (secondary N) is 1. The summed E-state index contributed by atoms with van der Waals surface area (Å²) in [7, 11) is 4.90. The van der Waals surface area contributed by atoms with Crippen molar-refractivity contribution in [2.75, 3.05) is 26.6 Å². The Hall–Kier alpha value is -3.00. The third kappa shape index (κ3) is 3.62. The second-order valence-electron chi connectivity index (χ2n) is 8.40. The van der Waals surface area contributed by atoms with Crippen LogP contribution in [0.1, 0.15) is 32.6 Å². The van der Waals surface area contributed by atoms with Crippen LogP contribution in [-0.4, -0.2) is 42.0 Å². The number of rotatable bonds is 6. The average molecular weight is 453 g/mol. The van der Waals surface area contributed by atoms with Crippen LogP contribution >= 0.6 is 11.3 Å². The van der Waals surface area contributed by atoms with E-state index in [0.717, 1.165) is 38.0 Å². The number of hydrogen-bond acceptors (Lipinski definition) is 7. The molecule has 1 saturated carbocycles. The summed E-state index contributed by atoms with van der Waals surface area (Å²) < 4.78 is 19.7. The highest BCUT2D eigenvalue weighted by molar-refractivity contribution is 7.22. The van der Waals surface area contributed by atoms with Gasteiger partial charge in [-0.15, -0.1) is 16.4 Å². The lowest BCUT2D eigenvalue weighted by Crippen LogP contribution is -2.25. The number of methoxy groups -OCH3 is 3. The van der Waals surface area contributed by atoms with E-state index in [2.05, 4.69) is 23.3 Å². The second-order valence-corrected chi connectivity index (χ2v) is 9.48. The standard InChI is InChI=1S/C24H28N4O3S/c1-14-5-7-15(8-6-14)26-21-9-10-22-25-13-17(28(22)27-21)20-11-16-19(32-20)12-18(29-2)24(31-4)23(16)30-3/h9-15H,5-8H2,1-4H3,(H,26,27). The SMILES string of the molecule is COc1cc2sc(-c3cnc4ccc(NC5CCC(C)CC5)nn34)cc2c(OC)c1OC. The van der Waals surface area contributed by atoms with Crippen LogP contribution in [-0.2, 0) is 0 Å². The fraction of sp³-hybridized carbons (Fsp3) is 0.417. The summed E-state index contributed by atoms with van der Waals surface area (Å²) in [4.78, 5) is 5.62. The smallest absolute Gasteiger partial charge is 0.204 e. The molecule has 0 aliphatic heterocycles. The Bertz CT molecular complexity index is 1260. The molecule has 0 spiro atoms. The van der Waals surface area contributed by atoms with Gasteiger partial charge in [0.15, 0.2) is 17.1 Å². The van der Waals surface area contributed by atoms with Crippen LogP contribution in [0.25, 0.3) is 26.3 Å². The Morgan fingerprint density at radius 3 is 2.50 bits per heavy atom. The van der Waals surface area contributed by atoms with E-state index in [0.29, 0.717) is 23.3 Å². The molecule has 4 aromatic rings. The van der Waals surface area contributed by atoms with Gasteiger partial charge in [0.1, 0.15) is 11.5 Å². The number of hydrogen-bond donors (Lipinski definition) is 1. The first kappa shape index (κ1) is 20.9.